The van der Waals surface area contributed by atoms with Crippen LogP contribution >= 0.6 is 22.7 Å². The fourth-order valence-electron chi connectivity index (χ4n) is 2.32. The van der Waals surface area contributed by atoms with E-state index in [4.69, 9.17) is 0 Å². The van der Waals surface area contributed by atoms with Crippen molar-refractivity contribution in [1.29, 1.82) is 0 Å². The SMILES string of the molecule is O=C(Nc1nnc(C(F)(F)F)s1)c1ccc(CN(Cc2cccs2)C(=O)O)cc1. The van der Waals surface area contributed by atoms with Gasteiger partial charge in [0.25, 0.3) is 5.91 Å². The van der Waals surface area contributed by atoms with Crippen molar-refractivity contribution in [3.63, 3.8) is 0 Å². The van der Waals surface area contributed by atoms with Crippen LogP contribution in [0.3, 0.4) is 0 Å². The van der Waals surface area contributed by atoms with Gasteiger partial charge in [0.15, 0.2) is 0 Å². The van der Waals surface area contributed by atoms with Crippen LogP contribution in [0.15, 0.2) is 41.8 Å². The molecule has 0 unspecified atom stereocenters. The molecule has 0 fully saturated rings. The predicted molar refractivity (Wildman–Crippen MR) is 101 cm³/mol. The van der Waals surface area contributed by atoms with Gasteiger partial charge < -0.3 is 5.11 Å². The normalized spacial score (nSPS) is 11.3. The largest absolute Gasteiger partial charge is 0.465 e. The topological polar surface area (TPSA) is 95.4 Å². The minimum atomic E-state index is -4.62. The van der Waals surface area contributed by atoms with E-state index in [0.29, 0.717) is 5.56 Å². The lowest BCUT2D eigenvalue weighted by molar-refractivity contribution is -0.138. The lowest BCUT2D eigenvalue weighted by Crippen LogP contribution is -2.28. The molecule has 2 amide bonds. The van der Waals surface area contributed by atoms with Gasteiger partial charge in [0, 0.05) is 17.0 Å². The van der Waals surface area contributed by atoms with E-state index < -0.39 is 23.2 Å². The number of carbonyl (C=O) groups is 2. The fraction of sp³-hybridized carbons (Fsp3) is 0.176. The monoisotopic (exact) mass is 442 g/mol. The molecule has 7 nitrogen and oxygen atoms in total. The van der Waals surface area contributed by atoms with Crippen molar-refractivity contribution in [3.05, 3.63) is 62.8 Å². The Morgan fingerprint density at radius 3 is 2.38 bits per heavy atom. The van der Waals surface area contributed by atoms with Crippen LogP contribution in [0.4, 0.5) is 23.1 Å². The first-order chi connectivity index (χ1) is 13.7. The Balaban J connectivity index is 1.63. The van der Waals surface area contributed by atoms with Crippen molar-refractivity contribution >= 4 is 39.8 Å². The minimum absolute atomic E-state index is 0.125. The smallest absolute Gasteiger partial charge is 0.445 e. The number of amides is 2. The Kier molecular flexibility index (Phi) is 6.13. The minimum Gasteiger partial charge on any atom is -0.465 e. The molecule has 0 saturated heterocycles. The number of anilines is 1. The summed E-state index contributed by atoms with van der Waals surface area (Å²) in [7, 11) is 0. The molecule has 0 aliphatic heterocycles. The molecule has 0 bridgehead atoms. The zero-order chi connectivity index (χ0) is 21.0. The highest BCUT2D eigenvalue weighted by Gasteiger charge is 2.35. The molecule has 1 aromatic carbocycles. The Hall–Kier alpha value is -2.99. The molecule has 0 saturated carbocycles. The van der Waals surface area contributed by atoms with Gasteiger partial charge in [-0.05, 0) is 29.1 Å². The summed E-state index contributed by atoms with van der Waals surface area (Å²) in [5.74, 6) is -0.643. The van der Waals surface area contributed by atoms with E-state index in [2.05, 4.69) is 15.5 Å². The second-order valence-corrected chi connectivity index (χ2v) is 7.79. The van der Waals surface area contributed by atoms with Crippen LogP contribution in [-0.4, -0.2) is 32.2 Å². The summed E-state index contributed by atoms with van der Waals surface area (Å²) < 4.78 is 37.6. The Bertz CT molecular complexity index is 988. The molecule has 3 aromatic rings. The number of nitrogens with one attached hydrogen (secondary N) is 1. The molecule has 0 atom stereocenters. The first-order valence-corrected chi connectivity index (χ1v) is 9.73. The van der Waals surface area contributed by atoms with Crippen LogP contribution < -0.4 is 5.32 Å². The van der Waals surface area contributed by atoms with Crippen molar-refractivity contribution < 1.29 is 27.9 Å². The maximum absolute atomic E-state index is 12.5. The maximum Gasteiger partial charge on any atom is 0.445 e. The van der Waals surface area contributed by atoms with Gasteiger partial charge in [-0.3, -0.25) is 15.0 Å². The number of benzene rings is 1. The molecule has 3 rings (SSSR count). The van der Waals surface area contributed by atoms with E-state index >= 15 is 0 Å². The van der Waals surface area contributed by atoms with Gasteiger partial charge in [-0.15, -0.1) is 21.5 Å². The number of rotatable bonds is 6. The van der Waals surface area contributed by atoms with E-state index in [1.807, 2.05) is 17.5 Å². The third kappa shape index (κ3) is 5.51. The lowest BCUT2D eigenvalue weighted by atomic mass is 10.1. The van der Waals surface area contributed by atoms with Crippen LogP contribution in [0.1, 0.15) is 25.8 Å². The molecular weight excluding hydrogens is 429 g/mol. The number of aromatic nitrogens is 2. The Morgan fingerprint density at radius 2 is 1.83 bits per heavy atom. The lowest BCUT2D eigenvalue weighted by Gasteiger charge is -2.18. The number of carbonyl (C=O) groups excluding carboxylic acids is 1. The van der Waals surface area contributed by atoms with Crippen LogP contribution in [0.25, 0.3) is 0 Å². The quantitative estimate of drug-likeness (QED) is 0.584. The van der Waals surface area contributed by atoms with Crippen LogP contribution in [0.5, 0.6) is 0 Å². The summed E-state index contributed by atoms with van der Waals surface area (Å²) in [6.07, 6.45) is -5.70. The van der Waals surface area contributed by atoms with Gasteiger partial charge in [0.05, 0.1) is 6.54 Å². The standard InChI is InChI=1S/C17H13F3N4O3S2/c18-17(19,20)14-22-23-15(29-14)21-13(25)11-5-3-10(4-6-11)8-24(16(26)27)9-12-2-1-7-28-12/h1-7H,8-9H2,(H,26,27)(H,21,23,25). The van der Waals surface area contributed by atoms with Crippen molar-refractivity contribution in [3.8, 4) is 0 Å². The highest BCUT2D eigenvalue weighted by Crippen LogP contribution is 2.33. The number of hydrogen-bond acceptors (Lipinski definition) is 6. The molecule has 152 valence electrons. The fourth-order valence-corrected chi connectivity index (χ4v) is 3.65. The van der Waals surface area contributed by atoms with E-state index in [0.717, 1.165) is 4.88 Å². The van der Waals surface area contributed by atoms with Gasteiger partial charge in [0.2, 0.25) is 10.1 Å². The molecule has 2 heterocycles. The second kappa shape index (κ2) is 8.57. The summed E-state index contributed by atoms with van der Waals surface area (Å²) in [6, 6.07) is 9.76. The highest BCUT2D eigenvalue weighted by molar-refractivity contribution is 7.15. The van der Waals surface area contributed by atoms with E-state index in [-0.39, 0.29) is 35.1 Å². The highest BCUT2D eigenvalue weighted by atomic mass is 32.1. The van der Waals surface area contributed by atoms with Gasteiger partial charge in [-0.1, -0.05) is 29.5 Å². The van der Waals surface area contributed by atoms with Gasteiger partial charge in [0.1, 0.15) is 0 Å². The zero-order valence-corrected chi connectivity index (χ0v) is 16.1. The first-order valence-electron chi connectivity index (χ1n) is 8.03. The predicted octanol–water partition coefficient (Wildman–Crippen LogP) is 4.55. The molecule has 2 aromatic heterocycles. The van der Waals surface area contributed by atoms with Gasteiger partial charge >= 0.3 is 12.3 Å². The average molecular weight is 442 g/mol. The summed E-state index contributed by atoms with van der Waals surface area (Å²) in [5, 5.41) is 18.4. The summed E-state index contributed by atoms with van der Waals surface area (Å²) >= 11 is 1.68. The number of hydrogen-bond donors (Lipinski definition) is 2. The molecule has 0 aliphatic rings. The third-order valence-electron chi connectivity index (χ3n) is 3.67. The van der Waals surface area contributed by atoms with Gasteiger partial charge in [-0.25, -0.2) is 4.79 Å². The zero-order valence-electron chi connectivity index (χ0n) is 14.5. The second-order valence-electron chi connectivity index (χ2n) is 5.78. The molecular formula is C17H13F3N4O3S2. The molecule has 0 spiro atoms. The number of alkyl halides is 3. The van der Waals surface area contributed by atoms with Crippen molar-refractivity contribution in [2.24, 2.45) is 0 Å². The number of thiophene rings is 1. The summed E-state index contributed by atoms with van der Waals surface area (Å²) in [5.41, 5.74) is 0.855. The van der Waals surface area contributed by atoms with Crippen molar-refractivity contribution in [1.82, 2.24) is 15.1 Å². The van der Waals surface area contributed by atoms with Gasteiger partial charge in [-0.2, -0.15) is 13.2 Å². The third-order valence-corrected chi connectivity index (χ3v) is 5.42. The Labute approximate surface area is 170 Å². The van der Waals surface area contributed by atoms with Crippen LogP contribution in [-0.2, 0) is 19.3 Å². The molecule has 2 N–H and O–H groups in total. The molecule has 0 aliphatic carbocycles. The van der Waals surface area contributed by atoms with E-state index in [1.54, 1.807) is 12.1 Å². The van der Waals surface area contributed by atoms with Crippen molar-refractivity contribution in [2.45, 2.75) is 19.3 Å². The average Bonchev–Trinajstić information content (AvgIpc) is 3.33. The first kappa shape index (κ1) is 20.7. The van der Waals surface area contributed by atoms with Crippen molar-refractivity contribution in [2.75, 3.05) is 5.32 Å². The van der Waals surface area contributed by atoms with E-state index in [1.165, 1.54) is 28.4 Å². The van der Waals surface area contributed by atoms with Crippen LogP contribution in [0, 0.1) is 0 Å². The molecule has 12 heteroatoms. The van der Waals surface area contributed by atoms with E-state index in [9.17, 15) is 27.9 Å². The number of nitrogens with zero attached hydrogens (tertiary/aromatic N) is 3. The number of halogens is 3. The molecule has 0 radical (unpaired) electrons. The maximum atomic E-state index is 12.5. The Morgan fingerprint density at radius 1 is 1.10 bits per heavy atom. The number of carboxylic acid groups (broad SMARTS) is 1. The molecule has 29 heavy (non-hydrogen) atoms. The van der Waals surface area contributed by atoms with Crippen LogP contribution in [0.2, 0.25) is 0 Å². The summed E-state index contributed by atoms with van der Waals surface area (Å²) in [6.45, 7) is 0.369. The summed E-state index contributed by atoms with van der Waals surface area (Å²) in [4.78, 5) is 25.8.